The monoisotopic (exact) mass is 296 g/mol. The van der Waals surface area contributed by atoms with Gasteiger partial charge in [-0.25, -0.2) is 9.67 Å². The predicted molar refractivity (Wildman–Crippen MR) is 85.3 cm³/mol. The average Bonchev–Trinajstić information content (AvgIpc) is 3.11. The van der Waals surface area contributed by atoms with Gasteiger partial charge in [0.15, 0.2) is 11.5 Å². The van der Waals surface area contributed by atoms with Crippen molar-refractivity contribution in [2.24, 2.45) is 4.99 Å². The summed E-state index contributed by atoms with van der Waals surface area (Å²) in [4.78, 5) is 20.1. The molecule has 1 aliphatic heterocycles. The molecule has 0 spiro atoms. The Kier molecular flexibility index (Phi) is 2.69. The van der Waals surface area contributed by atoms with Crippen LogP contribution in [0.2, 0.25) is 0 Å². The van der Waals surface area contributed by atoms with Crippen molar-refractivity contribution in [2.75, 3.05) is 5.73 Å². The molecule has 22 heavy (non-hydrogen) atoms. The maximum absolute atomic E-state index is 12.5. The number of aromatic nitrogens is 3. The molecule has 1 aliphatic carbocycles. The van der Waals surface area contributed by atoms with Gasteiger partial charge in [-0.2, -0.15) is 0 Å². The van der Waals surface area contributed by atoms with E-state index in [0.717, 1.165) is 30.6 Å². The summed E-state index contributed by atoms with van der Waals surface area (Å²) >= 11 is 0. The van der Waals surface area contributed by atoms with Gasteiger partial charge in [0.2, 0.25) is 0 Å². The first-order valence-corrected chi connectivity index (χ1v) is 7.29. The van der Waals surface area contributed by atoms with Crippen LogP contribution in [0.15, 0.2) is 34.2 Å². The van der Waals surface area contributed by atoms with Crippen molar-refractivity contribution in [1.29, 1.82) is 5.41 Å². The summed E-state index contributed by atoms with van der Waals surface area (Å²) in [6.45, 7) is 1.43. The number of rotatable bonds is 1. The quantitative estimate of drug-likeness (QED) is 0.740. The third-order valence-corrected chi connectivity index (χ3v) is 4.17. The van der Waals surface area contributed by atoms with Gasteiger partial charge in [-0.05, 0) is 31.1 Å². The van der Waals surface area contributed by atoms with Crippen LogP contribution in [0.25, 0.3) is 0 Å². The van der Waals surface area contributed by atoms with Crippen molar-refractivity contribution in [2.45, 2.75) is 25.9 Å². The molecule has 0 bridgehead atoms. The van der Waals surface area contributed by atoms with Gasteiger partial charge < -0.3 is 16.1 Å². The van der Waals surface area contributed by atoms with E-state index in [-0.39, 0.29) is 11.2 Å². The van der Waals surface area contributed by atoms with E-state index in [9.17, 15) is 4.79 Å². The topological polar surface area (TPSA) is 105 Å². The van der Waals surface area contributed by atoms with E-state index in [0.29, 0.717) is 23.8 Å². The maximum atomic E-state index is 12.5. The van der Waals surface area contributed by atoms with Crippen LogP contribution in [-0.4, -0.2) is 25.8 Å². The zero-order valence-corrected chi connectivity index (χ0v) is 12.0. The summed E-state index contributed by atoms with van der Waals surface area (Å²) in [6, 6.07) is 1.83. The molecule has 4 N–H and O–H groups in total. The number of H-pyrrole nitrogens is 1. The van der Waals surface area contributed by atoms with E-state index in [1.165, 1.54) is 0 Å². The van der Waals surface area contributed by atoms with Crippen molar-refractivity contribution in [3.63, 3.8) is 0 Å². The van der Waals surface area contributed by atoms with Crippen LogP contribution in [-0.2, 0) is 13.1 Å². The van der Waals surface area contributed by atoms with Crippen molar-refractivity contribution >= 4 is 22.9 Å². The molecule has 2 aromatic rings. The smallest absolute Gasteiger partial charge is 0.294 e. The molecule has 0 unspecified atom stereocenters. The first-order valence-electron chi connectivity index (χ1n) is 7.29. The molecule has 7 nitrogen and oxygen atoms in total. The second-order valence-electron chi connectivity index (χ2n) is 5.50. The van der Waals surface area contributed by atoms with E-state index in [4.69, 9.17) is 11.1 Å². The summed E-state index contributed by atoms with van der Waals surface area (Å²) in [5, 5.41) is 7.89. The normalized spacial score (nSPS) is 18.5. The van der Waals surface area contributed by atoms with Crippen molar-refractivity contribution < 1.29 is 0 Å². The van der Waals surface area contributed by atoms with Crippen LogP contribution < -0.4 is 11.3 Å². The Hall–Kier alpha value is -2.83. The Morgan fingerprint density at radius 2 is 2.00 bits per heavy atom. The third kappa shape index (κ3) is 1.71. The fourth-order valence-electron chi connectivity index (χ4n) is 3.04. The molecular formula is C15H16N6O. The molecular weight excluding hydrogens is 280 g/mol. The van der Waals surface area contributed by atoms with Gasteiger partial charge in [0, 0.05) is 24.8 Å². The molecule has 0 atom stereocenters. The van der Waals surface area contributed by atoms with Crippen LogP contribution in [0.5, 0.6) is 0 Å². The number of allylic oxidation sites excluding steroid dienone is 2. The lowest BCUT2D eigenvalue weighted by molar-refractivity contribution is 0.360. The number of aromatic amines is 1. The second-order valence-corrected chi connectivity index (χ2v) is 5.50. The standard InChI is InChI=1S/C15H16N6O/c16-10-3-4-11(12-9(10)5-6-18-12)19-13-14(17)20-7-1-2-8-21(20)15(13)22/h3-6,16,18H,1-2,7-8,17H2/b16-10?,19-11+. The highest BCUT2D eigenvalue weighted by Crippen LogP contribution is 2.24. The zero-order valence-electron chi connectivity index (χ0n) is 12.0. The second kappa shape index (κ2) is 4.59. The molecule has 0 fully saturated rings. The minimum absolute atomic E-state index is 0.146. The van der Waals surface area contributed by atoms with Crippen LogP contribution in [0.3, 0.4) is 0 Å². The lowest BCUT2D eigenvalue weighted by Crippen LogP contribution is -2.27. The molecule has 0 radical (unpaired) electrons. The first kappa shape index (κ1) is 12.9. The van der Waals surface area contributed by atoms with Gasteiger partial charge in [0.1, 0.15) is 0 Å². The highest BCUT2D eigenvalue weighted by molar-refractivity contribution is 6.24. The number of nitrogens with one attached hydrogen (secondary N) is 2. The molecule has 4 rings (SSSR count). The Bertz CT molecular complexity index is 892. The number of nitrogens with zero attached hydrogens (tertiary/aromatic N) is 3. The lowest BCUT2D eigenvalue weighted by atomic mass is 10.0. The average molecular weight is 296 g/mol. The Labute approximate surface area is 126 Å². The van der Waals surface area contributed by atoms with Crippen molar-refractivity contribution in [3.05, 3.63) is 46.0 Å². The molecule has 112 valence electrons. The number of nitrogen functional groups attached to an aromatic ring is 1. The van der Waals surface area contributed by atoms with E-state index >= 15 is 0 Å². The van der Waals surface area contributed by atoms with Gasteiger partial charge >= 0.3 is 0 Å². The molecule has 0 amide bonds. The van der Waals surface area contributed by atoms with E-state index in [2.05, 4.69) is 9.98 Å². The minimum atomic E-state index is -0.146. The molecule has 7 heteroatoms. The van der Waals surface area contributed by atoms with E-state index in [1.807, 2.05) is 10.7 Å². The number of anilines is 1. The maximum Gasteiger partial charge on any atom is 0.294 e. The van der Waals surface area contributed by atoms with Crippen LogP contribution in [0.4, 0.5) is 11.5 Å². The summed E-state index contributed by atoms with van der Waals surface area (Å²) in [7, 11) is 0. The van der Waals surface area contributed by atoms with Gasteiger partial charge in [0.25, 0.3) is 5.56 Å². The summed E-state index contributed by atoms with van der Waals surface area (Å²) < 4.78 is 3.48. The predicted octanol–water partition coefficient (Wildman–Crippen LogP) is 1.41. The molecule has 2 aromatic heterocycles. The summed E-state index contributed by atoms with van der Waals surface area (Å²) in [5.74, 6) is 0.416. The van der Waals surface area contributed by atoms with Crippen molar-refractivity contribution in [3.8, 4) is 0 Å². The van der Waals surface area contributed by atoms with Gasteiger partial charge in [-0.1, -0.05) is 0 Å². The van der Waals surface area contributed by atoms with Gasteiger partial charge in [0.05, 0.1) is 17.1 Å². The number of hydrogen-bond donors (Lipinski definition) is 3. The number of hydrogen-bond acceptors (Lipinski definition) is 4. The Balaban J connectivity index is 1.88. The van der Waals surface area contributed by atoms with Crippen LogP contribution >= 0.6 is 0 Å². The Morgan fingerprint density at radius 3 is 2.77 bits per heavy atom. The van der Waals surface area contributed by atoms with Crippen molar-refractivity contribution in [1.82, 2.24) is 14.3 Å². The molecule has 0 aromatic carbocycles. The zero-order chi connectivity index (χ0) is 15.3. The van der Waals surface area contributed by atoms with Crippen LogP contribution in [0, 0.1) is 5.41 Å². The Morgan fingerprint density at radius 1 is 1.23 bits per heavy atom. The number of aliphatic imine (C=N–C) groups is 1. The molecule has 3 heterocycles. The highest BCUT2D eigenvalue weighted by atomic mass is 16.1. The minimum Gasteiger partial charge on any atom is -0.382 e. The third-order valence-electron chi connectivity index (χ3n) is 4.17. The summed E-state index contributed by atoms with van der Waals surface area (Å²) in [6.07, 6.45) is 7.19. The highest BCUT2D eigenvalue weighted by Gasteiger charge is 2.22. The molecule has 2 aliphatic rings. The van der Waals surface area contributed by atoms with E-state index < -0.39 is 0 Å². The summed E-state index contributed by atoms with van der Waals surface area (Å²) in [5.41, 5.74) is 8.85. The van der Waals surface area contributed by atoms with Gasteiger partial charge in [-0.3, -0.25) is 9.48 Å². The SMILES string of the molecule is N=C1C=C/C(=N\c2c(N)n3n(c2=O)CCCC3)c2[nH]ccc21. The lowest BCUT2D eigenvalue weighted by Gasteiger charge is -2.17. The fourth-order valence-corrected chi connectivity index (χ4v) is 3.04. The van der Waals surface area contributed by atoms with Gasteiger partial charge in [-0.15, -0.1) is 0 Å². The fraction of sp³-hybridized carbons (Fsp3) is 0.267. The largest absolute Gasteiger partial charge is 0.382 e. The van der Waals surface area contributed by atoms with E-state index in [1.54, 1.807) is 23.0 Å². The number of fused-ring (bicyclic) bond motifs is 2. The van der Waals surface area contributed by atoms with Crippen LogP contribution in [0.1, 0.15) is 24.1 Å². The molecule has 0 saturated carbocycles. The number of nitrogens with two attached hydrogens (primary N) is 1. The molecule has 0 saturated heterocycles. The first-order chi connectivity index (χ1) is 10.7.